The van der Waals surface area contributed by atoms with Gasteiger partial charge in [0.05, 0.1) is 5.56 Å². The highest BCUT2D eigenvalue weighted by Crippen LogP contribution is 2.26. The minimum atomic E-state index is -0.399. The van der Waals surface area contributed by atoms with E-state index < -0.39 is 5.91 Å². The molecule has 3 rings (SSSR count). The number of hydrogen-bond donors (Lipinski definition) is 1. The lowest BCUT2D eigenvalue weighted by Crippen LogP contribution is -2.40. The number of pyridine rings is 1. The largest absolute Gasteiger partial charge is 0.368 e. The second-order valence-electron chi connectivity index (χ2n) is 6.16. The van der Waals surface area contributed by atoms with Crippen LogP contribution in [-0.2, 0) is 11.3 Å². The first-order valence-corrected chi connectivity index (χ1v) is 8.06. The molecule has 2 aromatic heterocycles. The van der Waals surface area contributed by atoms with Gasteiger partial charge in [-0.3, -0.25) is 14.6 Å². The molecule has 1 aliphatic heterocycles. The van der Waals surface area contributed by atoms with Crippen LogP contribution in [0.2, 0.25) is 0 Å². The van der Waals surface area contributed by atoms with Gasteiger partial charge in [-0.2, -0.15) is 0 Å². The lowest BCUT2D eigenvalue weighted by Gasteiger charge is -2.32. The van der Waals surface area contributed by atoms with Crippen LogP contribution < -0.4 is 5.73 Å². The molecule has 7 nitrogen and oxygen atoms in total. The summed E-state index contributed by atoms with van der Waals surface area (Å²) in [4.78, 5) is 34.3. The standard InChI is InChI=1S/C17H21N5O2/c1-12-4-5-13(9-20-12)17(24)22-7-2-3-14(10-22)16-19-6-8-21(16)11-15(18)23/h4-6,8-9,14H,2-3,7,10-11H2,1H3,(H2,18,23)/t14-/m0/s1. The second kappa shape index (κ2) is 6.82. The fourth-order valence-electron chi connectivity index (χ4n) is 3.13. The van der Waals surface area contributed by atoms with Gasteiger partial charge in [-0.05, 0) is 31.9 Å². The van der Waals surface area contributed by atoms with E-state index in [2.05, 4.69) is 9.97 Å². The summed E-state index contributed by atoms with van der Waals surface area (Å²) in [6.45, 7) is 3.31. The van der Waals surface area contributed by atoms with Gasteiger partial charge in [0, 0.05) is 43.3 Å². The van der Waals surface area contributed by atoms with Gasteiger partial charge in [0.25, 0.3) is 5.91 Å². The molecule has 0 radical (unpaired) electrons. The maximum Gasteiger partial charge on any atom is 0.255 e. The van der Waals surface area contributed by atoms with Crippen molar-refractivity contribution < 1.29 is 9.59 Å². The van der Waals surface area contributed by atoms with E-state index in [1.165, 1.54) is 0 Å². The Balaban J connectivity index is 1.75. The van der Waals surface area contributed by atoms with E-state index in [9.17, 15) is 9.59 Å². The smallest absolute Gasteiger partial charge is 0.255 e. The first kappa shape index (κ1) is 16.2. The average Bonchev–Trinajstić information content (AvgIpc) is 3.02. The summed E-state index contributed by atoms with van der Waals surface area (Å²) >= 11 is 0. The van der Waals surface area contributed by atoms with Crippen LogP contribution in [0.25, 0.3) is 0 Å². The molecule has 0 spiro atoms. The molecule has 0 aromatic carbocycles. The van der Waals surface area contributed by atoms with E-state index in [4.69, 9.17) is 5.73 Å². The first-order valence-electron chi connectivity index (χ1n) is 8.06. The van der Waals surface area contributed by atoms with Gasteiger partial charge < -0.3 is 15.2 Å². The summed E-state index contributed by atoms with van der Waals surface area (Å²) in [5.41, 5.74) is 6.77. The Morgan fingerprint density at radius 3 is 2.88 bits per heavy atom. The molecule has 2 N–H and O–H groups in total. The monoisotopic (exact) mass is 327 g/mol. The lowest BCUT2D eigenvalue weighted by molar-refractivity contribution is -0.118. The minimum absolute atomic E-state index is 0.0137. The van der Waals surface area contributed by atoms with Crippen molar-refractivity contribution in [3.63, 3.8) is 0 Å². The normalized spacial score (nSPS) is 17.7. The highest BCUT2D eigenvalue weighted by Gasteiger charge is 2.28. The highest BCUT2D eigenvalue weighted by molar-refractivity contribution is 5.94. The van der Waals surface area contributed by atoms with E-state index in [0.717, 1.165) is 30.9 Å². The Labute approximate surface area is 140 Å². The molecule has 1 atom stereocenters. The zero-order valence-corrected chi connectivity index (χ0v) is 13.7. The number of piperidine rings is 1. The molecule has 126 valence electrons. The van der Waals surface area contributed by atoms with E-state index in [1.807, 2.05) is 24.0 Å². The number of nitrogens with two attached hydrogens (primary N) is 1. The van der Waals surface area contributed by atoms with Crippen molar-refractivity contribution in [3.05, 3.63) is 47.8 Å². The lowest BCUT2D eigenvalue weighted by atomic mass is 9.96. The SMILES string of the molecule is Cc1ccc(C(=O)N2CCC[C@H](c3nccn3CC(N)=O)C2)cn1. The van der Waals surface area contributed by atoms with Crippen LogP contribution in [0.1, 0.15) is 40.6 Å². The average molecular weight is 327 g/mol. The fraction of sp³-hybridized carbons (Fsp3) is 0.412. The number of aromatic nitrogens is 3. The number of aryl methyl sites for hydroxylation is 1. The Morgan fingerprint density at radius 2 is 2.17 bits per heavy atom. The summed E-state index contributed by atoms with van der Waals surface area (Å²) in [7, 11) is 0. The van der Waals surface area contributed by atoms with Crippen molar-refractivity contribution in [2.45, 2.75) is 32.2 Å². The summed E-state index contributed by atoms with van der Waals surface area (Å²) < 4.78 is 1.77. The molecular formula is C17H21N5O2. The molecule has 0 bridgehead atoms. The molecule has 1 saturated heterocycles. The summed E-state index contributed by atoms with van der Waals surface area (Å²) in [6.07, 6.45) is 6.88. The maximum atomic E-state index is 12.7. The van der Waals surface area contributed by atoms with Crippen molar-refractivity contribution in [2.24, 2.45) is 5.73 Å². The molecule has 3 heterocycles. The molecule has 1 aliphatic rings. The molecule has 0 saturated carbocycles. The minimum Gasteiger partial charge on any atom is -0.368 e. The van der Waals surface area contributed by atoms with Gasteiger partial charge in [-0.1, -0.05) is 0 Å². The number of likely N-dealkylation sites (tertiary alicyclic amines) is 1. The molecule has 0 aliphatic carbocycles. The van der Waals surface area contributed by atoms with Crippen molar-refractivity contribution in [2.75, 3.05) is 13.1 Å². The fourth-order valence-corrected chi connectivity index (χ4v) is 3.13. The topological polar surface area (TPSA) is 94.1 Å². The van der Waals surface area contributed by atoms with Gasteiger partial charge in [0.15, 0.2) is 0 Å². The van der Waals surface area contributed by atoms with Crippen LogP contribution in [0.4, 0.5) is 0 Å². The van der Waals surface area contributed by atoms with Gasteiger partial charge in [-0.25, -0.2) is 4.98 Å². The van der Waals surface area contributed by atoms with E-state index >= 15 is 0 Å². The van der Waals surface area contributed by atoms with E-state index in [-0.39, 0.29) is 18.4 Å². The molecule has 24 heavy (non-hydrogen) atoms. The zero-order valence-electron chi connectivity index (χ0n) is 13.7. The Bertz CT molecular complexity index is 738. The van der Waals surface area contributed by atoms with E-state index in [1.54, 1.807) is 23.2 Å². The zero-order chi connectivity index (χ0) is 17.1. The summed E-state index contributed by atoms with van der Waals surface area (Å²) in [6, 6.07) is 3.65. The van der Waals surface area contributed by atoms with Crippen LogP contribution in [0.5, 0.6) is 0 Å². The highest BCUT2D eigenvalue weighted by atomic mass is 16.2. The van der Waals surface area contributed by atoms with Gasteiger partial charge >= 0.3 is 0 Å². The Hall–Kier alpha value is -2.70. The number of hydrogen-bond acceptors (Lipinski definition) is 4. The van der Waals surface area contributed by atoms with Crippen molar-refractivity contribution in [3.8, 4) is 0 Å². The predicted molar refractivity (Wildman–Crippen MR) is 88.3 cm³/mol. The maximum absolute atomic E-state index is 12.7. The third-order valence-corrected chi connectivity index (χ3v) is 4.31. The van der Waals surface area contributed by atoms with Crippen molar-refractivity contribution in [1.29, 1.82) is 0 Å². The summed E-state index contributed by atoms with van der Waals surface area (Å²) in [5.74, 6) is 0.507. The molecule has 7 heteroatoms. The Morgan fingerprint density at radius 1 is 1.33 bits per heavy atom. The number of imidazole rings is 1. The first-order chi connectivity index (χ1) is 11.5. The number of amides is 2. The van der Waals surface area contributed by atoms with Crippen LogP contribution >= 0.6 is 0 Å². The number of carbonyl (C=O) groups excluding carboxylic acids is 2. The molecule has 1 fully saturated rings. The van der Waals surface area contributed by atoms with Gasteiger partial charge in [0.2, 0.25) is 5.91 Å². The van der Waals surface area contributed by atoms with Gasteiger partial charge in [-0.15, -0.1) is 0 Å². The number of primary amides is 1. The Kier molecular flexibility index (Phi) is 4.59. The molecular weight excluding hydrogens is 306 g/mol. The van der Waals surface area contributed by atoms with Gasteiger partial charge in [0.1, 0.15) is 12.4 Å². The van der Waals surface area contributed by atoms with E-state index in [0.29, 0.717) is 12.1 Å². The molecule has 2 aromatic rings. The van der Waals surface area contributed by atoms with Crippen LogP contribution in [-0.4, -0.2) is 44.3 Å². The quantitative estimate of drug-likeness (QED) is 0.909. The van der Waals surface area contributed by atoms with Crippen LogP contribution in [0.3, 0.4) is 0 Å². The predicted octanol–water partition coefficient (Wildman–Crippen LogP) is 1.09. The van der Waals surface area contributed by atoms with Crippen LogP contribution in [0.15, 0.2) is 30.7 Å². The number of nitrogens with zero attached hydrogens (tertiary/aromatic N) is 4. The van der Waals surface area contributed by atoms with Crippen molar-refractivity contribution in [1.82, 2.24) is 19.4 Å². The molecule has 2 amide bonds. The third kappa shape index (κ3) is 3.45. The van der Waals surface area contributed by atoms with Crippen molar-refractivity contribution >= 4 is 11.8 Å². The summed E-state index contributed by atoms with van der Waals surface area (Å²) in [5, 5.41) is 0. The number of rotatable bonds is 4. The number of carbonyl (C=O) groups is 2. The second-order valence-corrected chi connectivity index (χ2v) is 6.16. The third-order valence-electron chi connectivity index (χ3n) is 4.31. The molecule has 0 unspecified atom stereocenters. The van der Waals surface area contributed by atoms with Crippen LogP contribution in [0, 0.1) is 6.92 Å².